The van der Waals surface area contributed by atoms with Crippen LogP contribution in [0.4, 0.5) is 10.3 Å². The van der Waals surface area contributed by atoms with Gasteiger partial charge in [0, 0.05) is 6.04 Å². The van der Waals surface area contributed by atoms with Crippen molar-refractivity contribution in [3.63, 3.8) is 0 Å². The molecule has 14 heavy (non-hydrogen) atoms. The van der Waals surface area contributed by atoms with Crippen molar-refractivity contribution >= 4 is 11.6 Å². The maximum atomic E-state index is 13.1. The van der Waals surface area contributed by atoms with Gasteiger partial charge < -0.3 is 5.32 Å². The van der Waals surface area contributed by atoms with Crippen LogP contribution in [0.3, 0.4) is 0 Å². The first kappa shape index (κ1) is 7.66. The topological polar surface area (TPSA) is 55.1 Å². The highest BCUT2D eigenvalue weighted by Crippen LogP contribution is 2.23. The summed E-state index contributed by atoms with van der Waals surface area (Å²) < 4.78 is 14.5. The first-order valence-corrected chi connectivity index (χ1v) is 4.45. The van der Waals surface area contributed by atoms with E-state index in [4.69, 9.17) is 0 Å². The van der Waals surface area contributed by atoms with E-state index >= 15 is 0 Å². The SMILES string of the molecule is Fc1cnc(NC2CC2)n2ncnc12. The summed E-state index contributed by atoms with van der Waals surface area (Å²) in [5.41, 5.74) is 0.211. The molecule has 3 rings (SSSR count). The Hall–Kier alpha value is -1.72. The van der Waals surface area contributed by atoms with Crippen LogP contribution in [0.1, 0.15) is 12.8 Å². The Bertz CT molecular complexity index is 476. The highest BCUT2D eigenvalue weighted by Gasteiger charge is 2.23. The minimum atomic E-state index is -0.455. The van der Waals surface area contributed by atoms with Gasteiger partial charge in [-0.05, 0) is 12.8 Å². The minimum absolute atomic E-state index is 0.211. The molecule has 0 aromatic carbocycles. The summed E-state index contributed by atoms with van der Waals surface area (Å²) in [6, 6.07) is 0.459. The van der Waals surface area contributed by atoms with E-state index in [0.29, 0.717) is 12.0 Å². The molecule has 1 aliphatic carbocycles. The van der Waals surface area contributed by atoms with Crippen molar-refractivity contribution in [2.75, 3.05) is 5.32 Å². The van der Waals surface area contributed by atoms with Gasteiger partial charge >= 0.3 is 0 Å². The molecule has 5 nitrogen and oxygen atoms in total. The van der Waals surface area contributed by atoms with Gasteiger partial charge in [0.25, 0.3) is 0 Å². The van der Waals surface area contributed by atoms with Crippen LogP contribution in [0.25, 0.3) is 5.65 Å². The maximum Gasteiger partial charge on any atom is 0.226 e. The van der Waals surface area contributed by atoms with Crippen molar-refractivity contribution in [1.29, 1.82) is 0 Å². The normalized spacial score (nSPS) is 16.1. The Balaban J connectivity index is 2.12. The van der Waals surface area contributed by atoms with Gasteiger partial charge in [0.05, 0.1) is 6.20 Å². The third-order valence-electron chi connectivity index (χ3n) is 2.17. The minimum Gasteiger partial charge on any atom is -0.351 e. The third kappa shape index (κ3) is 1.11. The van der Waals surface area contributed by atoms with Crippen molar-refractivity contribution in [2.24, 2.45) is 0 Å². The van der Waals surface area contributed by atoms with Crippen LogP contribution in [0.15, 0.2) is 12.5 Å². The van der Waals surface area contributed by atoms with Crippen LogP contribution >= 0.6 is 0 Å². The molecule has 0 bridgehead atoms. The molecular formula is C8H8FN5. The molecule has 2 heterocycles. The second-order valence-corrected chi connectivity index (χ2v) is 3.34. The molecule has 2 aromatic heterocycles. The fourth-order valence-corrected chi connectivity index (χ4v) is 1.30. The smallest absolute Gasteiger partial charge is 0.226 e. The predicted molar refractivity (Wildman–Crippen MR) is 47.4 cm³/mol. The quantitative estimate of drug-likeness (QED) is 0.767. The van der Waals surface area contributed by atoms with Gasteiger partial charge in [0.1, 0.15) is 6.33 Å². The molecule has 1 aliphatic rings. The van der Waals surface area contributed by atoms with E-state index in [-0.39, 0.29) is 5.65 Å². The van der Waals surface area contributed by atoms with E-state index in [1.54, 1.807) is 0 Å². The maximum absolute atomic E-state index is 13.1. The van der Waals surface area contributed by atoms with E-state index in [0.717, 1.165) is 19.0 Å². The fraction of sp³-hybridized carbons (Fsp3) is 0.375. The number of nitrogens with zero attached hydrogens (tertiary/aromatic N) is 4. The van der Waals surface area contributed by atoms with E-state index in [1.807, 2.05) is 0 Å². The largest absolute Gasteiger partial charge is 0.351 e. The number of anilines is 1. The van der Waals surface area contributed by atoms with E-state index in [9.17, 15) is 4.39 Å². The van der Waals surface area contributed by atoms with Gasteiger partial charge in [-0.3, -0.25) is 0 Å². The lowest BCUT2D eigenvalue weighted by molar-refractivity contribution is 0.619. The Morgan fingerprint density at radius 2 is 2.29 bits per heavy atom. The van der Waals surface area contributed by atoms with Crippen LogP contribution in [0.5, 0.6) is 0 Å². The number of nitrogens with one attached hydrogen (secondary N) is 1. The number of fused-ring (bicyclic) bond motifs is 1. The van der Waals surface area contributed by atoms with Crippen LogP contribution in [0, 0.1) is 5.82 Å². The molecule has 0 radical (unpaired) electrons. The van der Waals surface area contributed by atoms with Gasteiger partial charge in [0.2, 0.25) is 5.95 Å². The molecule has 0 amide bonds. The lowest BCUT2D eigenvalue weighted by atomic mass is 10.6. The monoisotopic (exact) mass is 193 g/mol. The molecule has 1 N–H and O–H groups in total. The average molecular weight is 193 g/mol. The number of rotatable bonds is 2. The van der Waals surface area contributed by atoms with Crippen LogP contribution < -0.4 is 5.32 Å². The molecule has 1 fully saturated rings. The molecular weight excluding hydrogens is 185 g/mol. The summed E-state index contributed by atoms with van der Waals surface area (Å²) in [6.07, 6.45) is 4.75. The average Bonchev–Trinajstić information content (AvgIpc) is 2.83. The molecule has 2 aromatic rings. The molecule has 0 saturated heterocycles. The zero-order valence-electron chi connectivity index (χ0n) is 7.31. The third-order valence-corrected chi connectivity index (χ3v) is 2.17. The second-order valence-electron chi connectivity index (χ2n) is 3.34. The zero-order valence-corrected chi connectivity index (χ0v) is 7.31. The highest BCUT2D eigenvalue weighted by molar-refractivity contribution is 5.44. The first-order valence-electron chi connectivity index (χ1n) is 4.45. The summed E-state index contributed by atoms with van der Waals surface area (Å²) in [6.45, 7) is 0. The Morgan fingerprint density at radius 1 is 1.43 bits per heavy atom. The lowest BCUT2D eigenvalue weighted by Gasteiger charge is -2.04. The standard InChI is InChI=1S/C8H8FN5/c9-6-3-10-8(13-5-1-2-5)14-7(6)11-4-12-14/h3-5H,1-2H2,(H,10,13). The van der Waals surface area contributed by atoms with E-state index in [1.165, 1.54) is 10.8 Å². The summed E-state index contributed by atoms with van der Waals surface area (Å²) in [7, 11) is 0. The Morgan fingerprint density at radius 3 is 3.07 bits per heavy atom. The van der Waals surface area contributed by atoms with Crippen molar-refractivity contribution in [3.8, 4) is 0 Å². The van der Waals surface area contributed by atoms with Crippen molar-refractivity contribution < 1.29 is 4.39 Å². The highest BCUT2D eigenvalue weighted by atomic mass is 19.1. The van der Waals surface area contributed by atoms with Gasteiger partial charge in [-0.1, -0.05) is 0 Å². The molecule has 0 spiro atoms. The van der Waals surface area contributed by atoms with E-state index < -0.39 is 5.82 Å². The Labute approximate surface area is 79.0 Å². The van der Waals surface area contributed by atoms with Crippen LogP contribution in [-0.4, -0.2) is 25.6 Å². The summed E-state index contributed by atoms with van der Waals surface area (Å²) >= 11 is 0. The van der Waals surface area contributed by atoms with Crippen LogP contribution in [0.2, 0.25) is 0 Å². The molecule has 0 atom stereocenters. The molecule has 1 saturated carbocycles. The number of hydrogen-bond donors (Lipinski definition) is 1. The van der Waals surface area contributed by atoms with Crippen molar-refractivity contribution in [3.05, 3.63) is 18.3 Å². The van der Waals surface area contributed by atoms with Crippen LogP contribution in [-0.2, 0) is 0 Å². The predicted octanol–water partition coefficient (Wildman–Crippen LogP) is 0.838. The van der Waals surface area contributed by atoms with Gasteiger partial charge in [-0.25, -0.2) is 14.4 Å². The number of aromatic nitrogens is 4. The molecule has 6 heteroatoms. The van der Waals surface area contributed by atoms with Gasteiger partial charge in [0.15, 0.2) is 11.5 Å². The fourth-order valence-electron chi connectivity index (χ4n) is 1.30. The molecule has 0 unspecified atom stereocenters. The molecule has 0 aliphatic heterocycles. The number of halogens is 1. The first-order chi connectivity index (χ1) is 6.84. The second kappa shape index (κ2) is 2.63. The zero-order chi connectivity index (χ0) is 9.54. The number of hydrogen-bond acceptors (Lipinski definition) is 4. The van der Waals surface area contributed by atoms with Gasteiger partial charge in [-0.15, -0.1) is 0 Å². The summed E-state index contributed by atoms with van der Waals surface area (Å²) in [5, 5.41) is 7.06. The Kier molecular flexibility index (Phi) is 1.44. The van der Waals surface area contributed by atoms with Crippen molar-refractivity contribution in [1.82, 2.24) is 19.6 Å². The van der Waals surface area contributed by atoms with E-state index in [2.05, 4.69) is 20.4 Å². The van der Waals surface area contributed by atoms with Gasteiger partial charge in [-0.2, -0.15) is 9.61 Å². The van der Waals surface area contributed by atoms with Crippen molar-refractivity contribution in [2.45, 2.75) is 18.9 Å². The summed E-state index contributed by atoms with van der Waals surface area (Å²) in [5.74, 6) is 0.102. The lowest BCUT2D eigenvalue weighted by Crippen LogP contribution is -2.09. The summed E-state index contributed by atoms with van der Waals surface area (Å²) in [4.78, 5) is 7.74. The molecule has 72 valence electrons.